The maximum atomic E-state index is 14.5. The SMILES string of the molecule is C[C@H]([NH+]=C(O)CN1CCN(CC(O)=[NH+][C@@H](C)c2ccccc2)CCN(Cc2ccc3c(=O)c4cc(C(O)=[NH+]C[C@H]5CCN6CC[C@H](CSC[C@H]7CCN8CC[C@H](CSC[C@H]9CCN%10CC[C@H](CSC[C@H]%11CCN%12CC[C@H](CO[Si](c%13ccccc%13)(c%13ccccc%13)C(C)(C)C)N=C%12N%11)N=C%10N9)NC8=N7)NC6=N5)ccc4oc3n2)CCN(CC(O)=[NH+][C@@H](C)c2ccccc2)CC1)c1ccccc1. The summed E-state index contributed by atoms with van der Waals surface area (Å²) in [6.07, 6.45) is 8.45. The number of thioether (sulfide) groups is 3. The Labute approximate surface area is 815 Å². The molecule has 6 aromatic carbocycles. The molecule has 724 valence electrons. The van der Waals surface area contributed by atoms with Crippen molar-refractivity contribution < 1.29 is 49.2 Å². The van der Waals surface area contributed by atoms with Gasteiger partial charge in [-0.1, -0.05) is 172 Å². The van der Waals surface area contributed by atoms with Gasteiger partial charge < -0.3 is 70.1 Å². The Morgan fingerprint density at radius 3 is 1.21 bits per heavy atom. The standard InChI is InChI=1S/C104H139N21O7S3Si/c1-73(76-22-12-7-13-23-76)106-94(126)63-119-54-52-118(53-55-120(64-95(127)107-74(2)77-24-14-8-15-25-77)57-59-121(58-56-119)65-96(128)108-75(3)78-26-16-9-17-27-78)62-81-33-34-91-97(129)92-60-79(32-35-93(92)132-99(91)109-81)98(130)105-61-80-36-44-122-46-38-83(112-100(122)110-80)67-133-69-85-40-48-124-50-42-87(116-102(124)114-85)71-135-72-88-43-51-125-49-41-86(115-103(125)117-88)70-134-68-84-39-47-123-45-37-82(111-101(123)113-84)66-131-136(104(4,5)6,89-28-18-10-19-29-89)90-30-20-11-21-31-90/h7-35,60,73-75,80,82-88H,36-59,61-72H2,1-6H3,(H,105,130)(H,106,126)(H,107,127)(H,108,128)(H,110,112)(H,111,113)(H,114,116)(H,115,117)/p+4/t73-,74-,75-,80+,82+,83+,84+,85+,86+,87+,88+/m0/s1. The summed E-state index contributed by atoms with van der Waals surface area (Å²) < 4.78 is 13.9. The minimum atomic E-state index is -2.65. The third kappa shape index (κ3) is 25.7. The Bertz CT molecular complexity index is 5470. The van der Waals surface area contributed by atoms with Crippen molar-refractivity contribution in [3.05, 3.63) is 220 Å². The monoisotopic (exact) mass is 1920 g/mol. The van der Waals surface area contributed by atoms with Crippen LogP contribution >= 0.6 is 35.3 Å². The number of hydrogen-bond donors (Lipinski definition) is 12. The first-order valence-corrected chi connectivity index (χ1v) is 55.1. The van der Waals surface area contributed by atoms with E-state index in [9.17, 15) is 25.2 Å². The molecule has 17 rings (SSSR count). The molecule has 2 aromatic heterocycles. The van der Waals surface area contributed by atoms with Crippen LogP contribution in [0.3, 0.4) is 0 Å². The molecule has 0 unspecified atom stereocenters. The van der Waals surface area contributed by atoms with Gasteiger partial charge >= 0.3 is 23.6 Å². The molecule has 8 aromatic rings. The third-order valence-electron chi connectivity index (χ3n) is 28.3. The summed E-state index contributed by atoms with van der Waals surface area (Å²) in [5.74, 6) is 10.8. The number of nitrogens with zero attached hydrogens (tertiary/aromatic N) is 13. The molecule has 11 heterocycles. The maximum Gasteiger partial charge on any atom is 0.365 e. The van der Waals surface area contributed by atoms with E-state index in [-0.39, 0.29) is 95.7 Å². The zero-order valence-electron chi connectivity index (χ0n) is 80.2. The number of rotatable bonds is 34. The zero-order valence-corrected chi connectivity index (χ0v) is 83.6. The molecular formula is C104H143N21O7S3Si+4. The Balaban J connectivity index is 0.464. The Morgan fingerprint density at radius 2 is 0.794 bits per heavy atom. The highest BCUT2D eigenvalue weighted by Gasteiger charge is 2.51. The van der Waals surface area contributed by atoms with Gasteiger partial charge in [0.25, 0.3) is 8.32 Å². The fourth-order valence-corrected chi connectivity index (χ4v) is 28.5. The molecule has 0 amide bonds. The van der Waals surface area contributed by atoms with Crippen LogP contribution in [0.4, 0.5) is 0 Å². The fraction of sp³-hybridized carbons (Fsp3) is 0.519. The molecule has 136 heavy (non-hydrogen) atoms. The second-order valence-electron chi connectivity index (χ2n) is 39.4. The molecule has 5 fully saturated rings. The van der Waals surface area contributed by atoms with E-state index in [0.29, 0.717) is 130 Å². The predicted molar refractivity (Wildman–Crippen MR) is 557 cm³/mol. The van der Waals surface area contributed by atoms with E-state index >= 15 is 0 Å². The number of aliphatic hydroxyl groups is 4. The lowest BCUT2D eigenvalue weighted by Gasteiger charge is -2.44. The summed E-state index contributed by atoms with van der Waals surface area (Å²) in [5, 5.41) is 65.3. The summed E-state index contributed by atoms with van der Waals surface area (Å²) >= 11 is 6.11. The van der Waals surface area contributed by atoms with Gasteiger partial charge in [0.15, 0.2) is 48.5 Å². The molecule has 9 aliphatic heterocycles. The van der Waals surface area contributed by atoms with Gasteiger partial charge in [-0.15, -0.1) is 0 Å². The second kappa shape index (κ2) is 46.6. The normalized spacial score (nSPS) is 23.8. The quantitative estimate of drug-likeness (QED) is 0.0112. The van der Waals surface area contributed by atoms with E-state index < -0.39 is 8.32 Å². The fourth-order valence-electron chi connectivity index (χ4n) is 20.4. The molecule has 32 heteroatoms. The van der Waals surface area contributed by atoms with Crippen molar-refractivity contribution in [2.45, 2.75) is 171 Å². The van der Waals surface area contributed by atoms with Crippen LogP contribution in [0.15, 0.2) is 211 Å². The van der Waals surface area contributed by atoms with E-state index in [2.05, 4.69) is 174 Å². The van der Waals surface area contributed by atoms with Crippen molar-refractivity contribution in [3.8, 4) is 0 Å². The van der Waals surface area contributed by atoms with E-state index in [1.54, 1.807) is 24.3 Å². The summed E-state index contributed by atoms with van der Waals surface area (Å²) in [6, 6.07) is 62.8. The predicted octanol–water partition coefficient (Wildman–Crippen LogP) is 4.79. The number of benzene rings is 6. The van der Waals surface area contributed by atoms with Crippen molar-refractivity contribution in [1.82, 2.24) is 65.5 Å². The Kier molecular flexibility index (Phi) is 33.5. The first kappa shape index (κ1) is 97.6. The molecule has 0 saturated carbocycles. The average Bonchev–Trinajstić information content (AvgIpc) is 0.743. The van der Waals surface area contributed by atoms with Crippen LogP contribution in [-0.4, -0.2) is 341 Å². The van der Waals surface area contributed by atoms with Crippen LogP contribution in [-0.2, 0) is 11.0 Å². The van der Waals surface area contributed by atoms with Crippen molar-refractivity contribution in [2.24, 2.45) is 20.0 Å². The number of aliphatic imine (C=N–C) groups is 4. The lowest BCUT2D eigenvalue weighted by Crippen LogP contribution is -2.76. The van der Waals surface area contributed by atoms with Crippen molar-refractivity contribution in [1.29, 1.82) is 0 Å². The molecule has 12 N–H and O–H groups in total. The number of fused-ring (bicyclic) bond motifs is 6. The number of aromatic nitrogens is 1. The van der Waals surface area contributed by atoms with Crippen LogP contribution < -0.4 is 57.0 Å². The van der Waals surface area contributed by atoms with Gasteiger partial charge in [0.05, 0.1) is 46.8 Å². The summed E-state index contributed by atoms with van der Waals surface area (Å²) in [7, 11) is -2.65. The number of pyridine rings is 1. The minimum Gasteiger partial charge on any atom is -0.463 e. The molecular weight excluding hydrogens is 1780 g/mol. The van der Waals surface area contributed by atoms with Gasteiger partial charge in [-0.25, -0.2) is 44.9 Å². The molecule has 0 aliphatic carbocycles. The van der Waals surface area contributed by atoms with Crippen LogP contribution in [0, 0.1) is 0 Å². The van der Waals surface area contributed by atoms with Gasteiger partial charge in [0.1, 0.15) is 31.3 Å². The molecule has 11 atom stereocenters. The second-order valence-corrected chi connectivity index (χ2v) is 47.0. The van der Waals surface area contributed by atoms with E-state index in [1.807, 2.05) is 141 Å². The van der Waals surface area contributed by atoms with Gasteiger partial charge in [0.2, 0.25) is 11.1 Å². The van der Waals surface area contributed by atoms with Crippen molar-refractivity contribution in [2.75, 3.05) is 172 Å². The molecule has 9 aliphatic rings. The zero-order chi connectivity index (χ0) is 93.9. The maximum absolute atomic E-state index is 14.5. The lowest BCUT2D eigenvalue weighted by atomic mass is 10.1. The van der Waals surface area contributed by atoms with Crippen LogP contribution in [0.2, 0.25) is 5.04 Å². The van der Waals surface area contributed by atoms with Gasteiger partial charge in [-0.2, -0.15) is 35.3 Å². The first-order valence-electron chi connectivity index (χ1n) is 49.7. The smallest absolute Gasteiger partial charge is 0.365 e. The number of guanidine groups is 4. The van der Waals surface area contributed by atoms with Crippen molar-refractivity contribution in [3.63, 3.8) is 0 Å². The van der Waals surface area contributed by atoms with Crippen LogP contribution in [0.5, 0.6) is 0 Å². The van der Waals surface area contributed by atoms with Gasteiger partial charge in [-0.3, -0.25) is 24.4 Å². The topological polar surface area (TPSA) is 313 Å². The van der Waals surface area contributed by atoms with Crippen LogP contribution in [0.25, 0.3) is 22.1 Å². The number of aliphatic hydroxyl groups excluding tert-OH is 4. The van der Waals surface area contributed by atoms with E-state index in [1.165, 1.54) is 10.4 Å². The Hall–Kier alpha value is -10.0. The van der Waals surface area contributed by atoms with Gasteiger partial charge in [0, 0.05) is 207 Å². The lowest BCUT2D eigenvalue weighted by molar-refractivity contribution is -0.515. The molecule has 28 nitrogen and oxygen atoms in total. The Morgan fingerprint density at radius 1 is 0.434 bits per heavy atom. The van der Waals surface area contributed by atoms with E-state index in [4.69, 9.17) is 33.8 Å². The molecule has 0 radical (unpaired) electrons. The largest absolute Gasteiger partial charge is 0.463 e. The highest BCUT2D eigenvalue weighted by atomic mass is 32.2. The molecule has 0 spiro atoms. The van der Waals surface area contributed by atoms with E-state index in [0.717, 1.165) is 179 Å². The third-order valence-corrected chi connectivity index (χ3v) is 37.1. The highest BCUT2D eigenvalue weighted by molar-refractivity contribution is 7.99. The van der Waals surface area contributed by atoms with Crippen molar-refractivity contribution >= 4 is 123 Å². The molecule has 0 bridgehead atoms. The number of nitrogens with one attached hydrogen (secondary N) is 8. The average molecular weight is 1920 g/mol. The number of hydrogen-bond acceptors (Lipinski definition) is 23. The molecule has 5 saturated heterocycles. The summed E-state index contributed by atoms with van der Waals surface area (Å²) in [5.41, 5.74) is 4.71. The van der Waals surface area contributed by atoms with Gasteiger partial charge in [-0.05, 0) is 97.1 Å². The first-order chi connectivity index (χ1) is 66.2. The summed E-state index contributed by atoms with van der Waals surface area (Å²) in [6.45, 7) is 28.2. The summed E-state index contributed by atoms with van der Waals surface area (Å²) in [4.78, 5) is 72.9. The van der Waals surface area contributed by atoms with Crippen LogP contribution in [0.1, 0.15) is 139 Å². The minimum absolute atomic E-state index is 0.0350. The highest BCUT2D eigenvalue weighted by Crippen LogP contribution is 2.38.